The predicted octanol–water partition coefficient (Wildman–Crippen LogP) is 3.88. The first-order valence-electron chi connectivity index (χ1n) is 7.50. The quantitative estimate of drug-likeness (QED) is 0.565. The number of tetrazole rings is 1. The molecule has 0 aliphatic heterocycles. The molecule has 0 radical (unpaired) electrons. The summed E-state index contributed by atoms with van der Waals surface area (Å²) in [5.41, 5.74) is 5.98. The van der Waals surface area contributed by atoms with Crippen LogP contribution in [-0.2, 0) is 0 Å². The highest BCUT2D eigenvalue weighted by Crippen LogP contribution is 2.30. The fourth-order valence-electron chi connectivity index (χ4n) is 2.62. The van der Waals surface area contributed by atoms with Crippen LogP contribution < -0.4 is 0 Å². The lowest BCUT2D eigenvalue weighted by molar-refractivity contribution is 0.488. The molecule has 0 unspecified atom stereocenters. The molecular formula is C17H15N5OS. The lowest BCUT2D eigenvalue weighted by atomic mass is 10.1. The Morgan fingerprint density at radius 1 is 0.958 bits per heavy atom. The second kappa shape index (κ2) is 5.76. The number of fused-ring (bicyclic) bond motifs is 1. The monoisotopic (exact) mass is 337 g/mol. The Kier molecular flexibility index (Phi) is 3.57. The van der Waals surface area contributed by atoms with Gasteiger partial charge in [0.1, 0.15) is 5.52 Å². The van der Waals surface area contributed by atoms with Gasteiger partial charge in [0, 0.05) is 11.8 Å². The molecule has 0 amide bonds. The van der Waals surface area contributed by atoms with Gasteiger partial charge in [0.15, 0.2) is 5.58 Å². The summed E-state index contributed by atoms with van der Waals surface area (Å²) in [5, 5.41) is 13.1. The van der Waals surface area contributed by atoms with Crippen molar-refractivity contribution in [2.75, 3.05) is 0 Å². The number of nitrogens with zero attached hydrogens (tertiary/aromatic N) is 5. The highest BCUT2D eigenvalue weighted by molar-refractivity contribution is 7.99. The molecule has 0 bridgehead atoms. The van der Waals surface area contributed by atoms with E-state index in [2.05, 4.69) is 40.4 Å². The SMILES string of the molecule is Cc1cc(C)cc(-n2nnnc2Sc2nc3cc(C)ccc3o2)c1. The molecule has 0 N–H and O–H groups in total. The van der Waals surface area contributed by atoms with Gasteiger partial charge in [-0.3, -0.25) is 0 Å². The van der Waals surface area contributed by atoms with E-state index in [1.54, 1.807) is 4.68 Å². The molecule has 0 atom stereocenters. The summed E-state index contributed by atoms with van der Waals surface area (Å²) in [7, 11) is 0. The molecule has 120 valence electrons. The van der Waals surface area contributed by atoms with Crippen LogP contribution in [0.1, 0.15) is 16.7 Å². The van der Waals surface area contributed by atoms with Crippen molar-refractivity contribution in [3.63, 3.8) is 0 Å². The van der Waals surface area contributed by atoms with Crippen molar-refractivity contribution >= 4 is 22.9 Å². The predicted molar refractivity (Wildman–Crippen MR) is 91.5 cm³/mol. The molecule has 2 aromatic heterocycles. The zero-order valence-electron chi connectivity index (χ0n) is 13.5. The summed E-state index contributed by atoms with van der Waals surface area (Å²) in [6.45, 7) is 6.13. The second-order valence-electron chi connectivity index (χ2n) is 5.77. The summed E-state index contributed by atoms with van der Waals surface area (Å²) in [6.07, 6.45) is 0. The standard InChI is InChI=1S/C17H15N5OS/c1-10-4-5-15-14(9-10)18-17(23-15)24-16-19-20-21-22(16)13-7-11(2)6-12(3)8-13/h4-9H,1-3H3. The first-order valence-corrected chi connectivity index (χ1v) is 8.32. The van der Waals surface area contributed by atoms with E-state index in [0.29, 0.717) is 10.4 Å². The van der Waals surface area contributed by atoms with E-state index >= 15 is 0 Å². The largest absolute Gasteiger partial charge is 0.431 e. The maximum absolute atomic E-state index is 5.78. The lowest BCUT2D eigenvalue weighted by Crippen LogP contribution is -2.00. The maximum atomic E-state index is 5.78. The topological polar surface area (TPSA) is 69.6 Å². The van der Waals surface area contributed by atoms with Gasteiger partial charge >= 0.3 is 0 Å². The molecule has 0 saturated carbocycles. The van der Waals surface area contributed by atoms with Crippen LogP contribution in [-0.4, -0.2) is 25.2 Å². The Morgan fingerprint density at radius 3 is 2.54 bits per heavy atom. The van der Waals surface area contributed by atoms with E-state index in [9.17, 15) is 0 Å². The first-order chi connectivity index (χ1) is 11.6. The smallest absolute Gasteiger partial charge is 0.264 e. The molecule has 0 spiro atoms. The average molecular weight is 337 g/mol. The van der Waals surface area contributed by atoms with Crippen LogP contribution in [0.3, 0.4) is 0 Å². The molecule has 4 rings (SSSR count). The van der Waals surface area contributed by atoms with Crippen molar-refractivity contribution in [2.24, 2.45) is 0 Å². The van der Waals surface area contributed by atoms with Crippen molar-refractivity contribution in [2.45, 2.75) is 31.2 Å². The fraction of sp³-hybridized carbons (Fsp3) is 0.176. The third-order valence-corrected chi connectivity index (χ3v) is 4.38. The Balaban J connectivity index is 1.71. The lowest BCUT2D eigenvalue weighted by Gasteiger charge is -2.05. The van der Waals surface area contributed by atoms with Crippen molar-refractivity contribution in [3.8, 4) is 5.69 Å². The van der Waals surface area contributed by atoms with E-state index < -0.39 is 0 Å². The zero-order valence-corrected chi connectivity index (χ0v) is 14.3. The number of benzene rings is 2. The van der Waals surface area contributed by atoms with Gasteiger partial charge in [0.2, 0.25) is 5.16 Å². The minimum Gasteiger partial charge on any atom is -0.431 e. The summed E-state index contributed by atoms with van der Waals surface area (Å²) < 4.78 is 7.48. The van der Waals surface area contributed by atoms with Crippen LogP contribution in [0.5, 0.6) is 0 Å². The number of aromatic nitrogens is 5. The van der Waals surface area contributed by atoms with E-state index in [4.69, 9.17) is 4.42 Å². The number of hydrogen-bond donors (Lipinski definition) is 0. The Labute approximate surface area is 142 Å². The Hall–Kier alpha value is -2.67. The van der Waals surface area contributed by atoms with Crippen molar-refractivity contribution < 1.29 is 4.42 Å². The number of aryl methyl sites for hydroxylation is 3. The van der Waals surface area contributed by atoms with Gasteiger partial charge in [-0.1, -0.05) is 12.1 Å². The average Bonchev–Trinajstić information content (AvgIpc) is 3.12. The molecule has 24 heavy (non-hydrogen) atoms. The minimum atomic E-state index is 0.524. The number of oxazole rings is 1. The van der Waals surface area contributed by atoms with Gasteiger partial charge in [0.25, 0.3) is 5.22 Å². The van der Waals surface area contributed by atoms with Gasteiger partial charge < -0.3 is 4.42 Å². The highest BCUT2D eigenvalue weighted by atomic mass is 32.2. The molecule has 2 heterocycles. The molecule has 0 fully saturated rings. The Morgan fingerprint density at radius 2 is 1.75 bits per heavy atom. The highest BCUT2D eigenvalue weighted by Gasteiger charge is 2.15. The molecule has 0 aliphatic rings. The third-order valence-electron chi connectivity index (χ3n) is 3.59. The molecule has 4 aromatic rings. The number of rotatable bonds is 3. The van der Waals surface area contributed by atoms with Crippen LogP contribution in [0.15, 0.2) is 51.2 Å². The second-order valence-corrected chi connectivity index (χ2v) is 6.69. The first kappa shape index (κ1) is 14.9. The van der Waals surface area contributed by atoms with Gasteiger partial charge in [-0.25, -0.2) is 4.98 Å². The maximum Gasteiger partial charge on any atom is 0.264 e. The number of hydrogen-bond acceptors (Lipinski definition) is 6. The molecule has 6 nitrogen and oxygen atoms in total. The van der Waals surface area contributed by atoms with Crippen molar-refractivity contribution in [1.29, 1.82) is 0 Å². The Bertz CT molecular complexity index is 1020. The van der Waals surface area contributed by atoms with E-state index in [1.165, 1.54) is 11.8 Å². The van der Waals surface area contributed by atoms with Gasteiger partial charge in [-0.05, 0) is 72.2 Å². The summed E-state index contributed by atoms with van der Waals surface area (Å²) in [5.74, 6) is 0. The van der Waals surface area contributed by atoms with Gasteiger partial charge in [-0.2, -0.15) is 4.68 Å². The summed E-state index contributed by atoms with van der Waals surface area (Å²) >= 11 is 1.31. The van der Waals surface area contributed by atoms with E-state index in [0.717, 1.165) is 33.5 Å². The molecule has 0 saturated heterocycles. The molecular weight excluding hydrogens is 322 g/mol. The van der Waals surface area contributed by atoms with Crippen LogP contribution in [0.25, 0.3) is 16.8 Å². The van der Waals surface area contributed by atoms with Crippen LogP contribution >= 0.6 is 11.8 Å². The van der Waals surface area contributed by atoms with Crippen LogP contribution in [0, 0.1) is 20.8 Å². The van der Waals surface area contributed by atoms with Crippen molar-refractivity contribution in [1.82, 2.24) is 25.2 Å². The fourth-order valence-corrected chi connectivity index (χ4v) is 3.35. The minimum absolute atomic E-state index is 0.524. The normalized spacial score (nSPS) is 11.3. The van der Waals surface area contributed by atoms with Crippen LogP contribution in [0.2, 0.25) is 0 Å². The molecule has 7 heteroatoms. The third kappa shape index (κ3) is 2.78. The van der Waals surface area contributed by atoms with Gasteiger partial charge in [-0.15, -0.1) is 5.10 Å². The summed E-state index contributed by atoms with van der Waals surface area (Å²) in [6, 6.07) is 12.1. The summed E-state index contributed by atoms with van der Waals surface area (Å²) in [4.78, 5) is 4.51. The van der Waals surface area contributed by atoms with Crippen LogP contribution in [0.4, 0.5) is 0 Å². The van der Waals surface area contributed by atoms with Gasteiger partial charge in [0.05, 0.1) is 5.69 Å². The van der Waals surface area contributed by atoms with Crippen molar-refractivity contribution in [3.05, 3.63) is 53.1 Å². The zero-order chi connectivity index (χ0) is 16.7. The molecule has 2 aromatic carbocycles. The van der Waals surface area contributed by atoms with E-state index in [1.807, 2.05) is 37.3 Å². The molecule has 0 aliphatic carbocycles. The van der Waals surface area contributed by atoms with E-state index in [-0.39, 0.29) is 0 Å².